The second kappa shape index (κ2) is 5.40. The van der Waals surface area contributed by atoms with Gasteiger partial charge >= 0.3 is 6.61 Å². The lowest BCUT2D eigenvalue weighted by molar-refractivity contribution is -0.0511. The number of nitrogens with two attached hydrogens (primary N) is 1. The number of nitrogens with zero attached hydrogens (tertiary/aromatic N) is 1. The van der Waals surface area contributed by atoms with Crippen LogP contribution in [0.2, 0.25) is 0 Å². The van der Waals surface area contributed by atoms with Gasteiger partial charge in [-0.05, 0) is 25.1 Å². The summed E-state index contributed by atoms with van der Waals surface area (Å²) >= 11 is 1.34. The molecule has 0 saturated heterocycles. The third kappa shape index (κ3) is 2.93. The summed E-state index contributed by atoms with van der Waals surface area (Å²) < 4.78 is 34.1. The number of benzene rings is 1. The molecule has 2 rings (SSSR count). The van der Waals surface area contributed by atoms with E-state index in [4.69, 9.17) is 10.5 Å². The van der Waals surface area contributed by atoms with Gasteiger partial charge in [-0.25, -0.2) is 4.98 Å². The Kier molecular flexibility index (Phi) is 3.84. The van der Waals surface area contributed by atoms with E-state index in [1.54, 1.807) is 12.1 Å². The van der Waals surface area contributed by atoms with Gasteiger partial charge in [0.1, 0.15) is 10.7 Å². The second-order valence-corrected chi connectivity index (χ2v) is 4.92. The minimum absolute atomic E-state index is 0.0416. The van der Waals surface area contributed by atoms with Gasteiger partial charge in [-0.1, -0.05) is 0 Å². The summed E-state index contributed by atoms with van der Waals surface area (Å²) in [5.74, 6) is 0.189. The average molecular weight is 286 g/mol. The van der Waals surface area contributed by atoms with Gasteiger partial charge in [0.05, 0.1) is 12.1 Å². The van der Waals surface area contributed by atoms with Gasteiger partial charge in [-0.3, -0.25) is 0 Å². The van der Waals surface area contributed by atoms with E-state index in [9.17, 15) is 8.78 Å². The predicted molar refractivity (Wildman–Crippen MR) is 69.9 cm³/mol. The molecular weight excluding hydrogens is 274 g/mol. The Balaban J connectivity index is 2.45. The van der Waals surface area contributed by atoms with Gasteiger partial charge in [-0.2, -0.15) is 8.78 Å². The third-order valence-electron chi connectivity index (χ3n) is 2.41. The van der Waals surface area contributed by atoms with Crippen LogP contribution in [0.1, 0.15) is 5.01 Å². The lowest BCUT2D eigenvalue weighted by atomic mass is 10.1. The van der Waals surface area contributed by atoms with E-state index in [-0.39, 0.29) is 11.5 Å². The van der Waals surface area contributed by atoms with Gasteiger partial charge in [0, 0.05) is 5.56 Å². The van der Waals surface area contributed by atoms with E-state index in [1.807, 2.05) is 6.92 Å². The molecule has 0 radical (unpaired) electrons. The molecule has 1 heterocycles. The van der Waals surface area contributed by atoms with Crippen LogP contribution < -0.4 is 15.2 Å². The van der Waals surface area contributed by atoms with Gasteiger partial charge in [0.2, 0.25) is 0 Å². The van der Waals surface area contributed by atoms with Crippen LogP contribution in [0, 0.1) is 6.92 Å². The van der Waals surface area contributed by atoms with E-state index in [1.165, 1.54) is 24.5 Å². The summed E-state index contributed by atoms with van der Waals surface area (Å²) in [7, 11) is 1.38. The zero-order valence-electron chi connectivity index (χ0n) is 10.3. The molecule has 2 N–H and O–H groups in total. The molecule has 0 bridgehead atoms. The third-order valence-corrected chi connectivity index (χ3v) is 3.21. The lowest BCUT2D eigenvalue weighted by Gasteiger charge is -2.11. The normalized spacial score (nSPS) is 10.8. The molecule has 102 valence electrons. The van der Waals surface area contributed by atoms with E-state index in [0.717, 1.165) is 5.01 Å². The van der Waals surface area contributed by atoms with Crippen molar-refractivity contribution < 1.29 is 18.3 Å². The number of halogens is 2. The van der Waals surface area contributed by atoms with Crippen molar-refractivity contribution >= 4 is 16.3 Å². The number of aryl methyl sites for hydroxylation is 1. The molecule has 0 atom stereocenters. The zero-order chi connectivity index (χ0) is 14.0. The maximum absolute atomic E-state index is 12.3. The van der Waals surface area contributed by atoms with Crippen LogP contribution in [0.3, 0.4) is 0 Å². The first kappa shape index (κ1) is 13.5. The molecule has 0 spiro atoms. The molecule has 19 heavy (non-hydrogen) atoms. The van der Waals surface area contributed by atoms with Gasteiger partial charge in [-0.15, -0.1) is 11.3 Å². The van der Waals surface area contributed by atoms with Crippen molar-refractivity contribution in [1.82, 2.24) is 4.98 Å². The number of aromatic nitrogens is 1. The van der Waals surface area contributed by atoms with Crippen LogP contribution in [0.4, 0.5) is 13.8 Å². The predicted octanol–water partition coefficient (Wildman–Crippen LogP) is 3.31. The smallest absolute Gasteiger partial charge is 0.387 e. The Morgan fingerprint density at radius 3 is 2.58 bits per heavy atom. The van der Waals surface area contributed by atoms with Gasteiger partial charge in [0.15, 0.2) is 11.5 Å². The molecule has 0 aliphatic carbocycles. The fraction of sp³-hybridized carbons (Fsp3) is 0.250. The highest BCUT2D eigenvalue weighted by Gasteiger charge is 2.15. The van der Waals surface area contributed by atoms with Crippen LogP contribution in [0.15, 0.2) is 18.2 Å². The zero-order valence-corrected chi connectivity index (χ0v) is 11.1. The second-order valence-electron chi connectivity index (χ2n) is 3.69. The molecule has 1 aromatic carbocycles. The van der Waals surface area contributed by atoms with E-state index in [2.05, 4.69) is 9.72 Å². The summed E-state index contributed by atoms with van der Waals surface area (Å²) in [5.41, 5.74) is 7.00. The highest BCUT2D eigenvalue weighted by Crippen LogP contribution is 2.36. The van der Waals surface area contributed by atoms with Crippen LogP contribution in [0.5, 0.6) is 11.5 Å². The van der Waals surface area contributed by atoms with Crippen LogP contribution in [-0.2, 0) is 0 Å². The summed E-state index contributed by atoms with van der Waals surface area (Å²) in [6.07, 6.45) is 0. The Labute approximate surface area is 112 Å². The first-order chi connectivity index (χ1) is 9.01. The topological polar surface area (TPSA) is 57.4 Å². The summed E-state index contributed by atoms with van der Waals surface area (Å²) in [6.45, 7) is -1.09. The van der Waals surface area contributed by atoms with E-state index < -0.39 is 6.61 Å². The van der Waals surface area contributed by atoms with Crippen LogP contribution in [-0.4, -0.2) is 18.7 Å². The first-order valence-corrected chi connectivity index (χ1v) is 6.19. The number of hydrogen-bond acceptors (Lipinski definition) is 5. The fourth-order valence-corrected chi connectivity index (χ4v) is 2.38. The molecule has 7 heteroatoms. The average Bonchev–Trinajstić information content (AvgIpc) is 2.67. The van der Waals surface area contributed by atoms with Crippen LogP contribution >= 0.6 is 11.3 Å². The fourth-order valence-electron chi connectivity index (χ4n) is 1.66. The Morgan fingerprint density at radius 1 is 1.32 bits per heavy atom. The van der Waals surface area contributed by atoms with Crippen molar-refractivity contribution in [3.63, 3.8) is 0 Å². The number of anilines is 1. The van der Waals surface area contributed by atoms with Crippen molar-refractivity contribution in [3.05, 3.63) is 23.2 Å². The summed E-state index contributed by atoms with van der Waals surface area (Å²) in [6, 6.07) is 4.68. The highest BCUT2D eigenvalue weighted by atomic mass is 32.1. The number of thiazole rings is 1. The molecular formula is C12H12F2N2O2S. The Hall–Kier alpha value is -1.89. The highest BCUT2D eigenvalue weighted by molar-refractivity contribution is 7.16. The SMILES string of the molecule is COc1ccc(-c2nc(C)sc2N)cc1OC(F)F. The Bertz CT molecular complexity index is 587. The number of ether oxygens (including phenoxy) is 2. The van der Waals surface area contributed by atoms with Crippen molar-refractivity contribution in [2.75, 3.05) is 12.8 Å². The number of alkyl halides is 2. The maximum atomic E-state index is 12.3. The summed E-state index contributed by atoms with van der Waals surface area (Å²) in [5, 5.41) is 1.34. The quantitative estimate of drug-likeness (QED) is 0.936. The van der Waals surface area contributed by atoms with Crippen molar-refractivity contribution in [1.29, 1.82) is 0 Å². The number of methoxy groups -OCH3 is 1. The number of hydrogen-bond donors (Lipinski definition) is 1. The molecule has 0 aliphatic rings. The van der Waals surface area contributed by atoms with E-state index in [0.29, 0.717) is 16.3 Å². The van der Waals surface area contributed by atoms with Gasteiger partial charge in [0.25, 0.3) is 0 Å². The van der Waals surface area contributed by atoms with E-state index >= 15 is 0 Å². The minimum Gasteiger partial charge on any atom is -0.493 e. The summed E-state index contributed by atoms with van der Waals surface area (Å²) in [4.78, 5) is 4.27. The molecule has 0 saturated carbocycles. The largest absolute Gasteiger partial charge is 0.493 e. The standard InChI is InChI=1S/C12H12F2N2O2S/c1-6-16-10(11(15)19-6)7-3-4-8(17-2)9(5-7)18-12(13)14/h3-5,12H,15H2,1-2H3. The molecule has 0 unspecified atom stereocenters. The molecule has 2 aromatic rings. The molecule has 0 amide bonds. The van der Waals surface area contributed by atoms with Crippen molar-refractivity contribution in [3.8, 4) is 22.8 Å². The Morgan fingerprint density at radius 2 is 2.05 bits per heavy atom. The number of rotatable bonds is 4. The van der Waals surface area contributed by atoms with Crippen LogP contribution in [0.25, 0.3) is 11.3 Å². The first-order valence-electron chi connectivity index (χ1n) is 5.37. The lowest BCUT2D eigenvalue weighted by Crippen LogP contribution is -2.03. The van der Waals surface area contributed by atoms with Crippen molar-refractivity contribution in [2.45, 2.75) is 13.5 Å². The molecule has 4 nitrogen and oxygen atoms in total. The number of nitrogen functional groups attached to an aromatic ring is 1. The van der Waals surface area contributed by atoms with Gasteiger partial charge < -0.3 is 15.2 Å². The molecule has 1 aromatic heterocycles. The monoisotopic (exact) mass is 286 g/mol. The molecule has 0 aliphatic heterocycles. The van der Waals surface area contributed by atoms with Crippen molar-refractivity contribution in [2.24, 2.45) is 0 Å². The maximum Gasteiger partial charge on any atom is 0.387 e. The molecule has 0 fully saturated rings. The minimum atomic E-state index is -2.92.